The third-order valence-corrected chi connectivity index (χ3v) is 9.45. The summed E-state index contributed by atoms with van der Waals surface area (Å²) in [6.07, 6.45) is 0. The number of nitrogens with zero attached hydrogens (tertiary/aromatic N) is 1. The third kappa shape index (κ3) is 3.93. The van der Waals surface area contributed by atoms with Crippen LogP contribution in [-0.4, -0.2) is 0 Å². The summed E-state index contributed by atoms with van der Waals surface area (Å²) in [5, 5.41) is 9.05. The van der Waals surface area contributed by atoms with Crippen molar-refractivity contribution >= 4 is 82.5 Å². The third-order valence-electron chi connectivity index (χ3n) is 9.45. The highest BCUT2D eigenvalue weighted by Gasteiger charge is 2.23. The molecule has 3 heteroatoms. The Morgan fingerprint density at radius 2 is 1.00 bits per heavy atom. The smallest absolute Gasteiger partial charge is 0.143 e. The molecule has 2 heterocycles. The normalized spacial score (nSPS) is 11.8. The van der Waals surface area contributed by atoms with Crippen LogP contribution < -0.4 is 4.90 Å². The summed E-state index contributed by atoms with van der Waals surface area (Å²) < 4.78 is 12.9. The van der Waals surface area contributed by atoms with Gasteiger partial charge in [0.25, 0.3) is 0 Å². The van der Waals surface area contributed by atoms with Gasteiger partial charge in [-0.3, -0.25) is 0 Å². The van der Waals surface area contributed by atoms with Crippen LogP contribution in [0.25, 0.3) is 76.5 Å². The van der Waals surface area contributed by atoms with E-state index in [2.05, 4.69) is 144 Å². The van der Waals surface area contributed by atoms with Crippen molar-refractivity contribution in [2.45, 2.75) is 0 Å². The van der Waals surface area contributed by atoms with Gasteiger partial charge in [0.1, 0.15) is 22.3 Å². The van der Waals surface area contributed by atoms with E-state index in [0.717, 1.165) is 71.7 Å². The lowest BCUT2D eigenvalue weighted by molar-refractivity contribution is 0.669. The fourth-order valence-corrected chi connectivity index (χ4v) is 7.33. The van der Waals surface area contributed by atoms with Crippen LogP contribution in [0.5, 0.6) is 0 Å². The second-order valence-corrected chi connectivity index (χ2v) is 12.1. The number of benzene rings is 8. The molecule has 0 fully saturated rings. The van der Waals surface area contributed by atoms with Crippen molar-refractivity contribution in [1.29, 1.82) is 0 Å². The van der Waals surface area contributed by atoms with E-state index >= 15 is 0 Å². The van der Waals surface area contributed by atoms with Crippen LogP contribution in [0.2, 0.25) is 0 Å². The van der Waals surface area contributed by atoms with Crippen molar-refractivity contribution in [1.82, 2.24) is 0 Å². The molecule has 0 radical (unpaired) electrons. The van der Waals surface area contributed by atoms with E-state index in [1.54, 1.807) is 0 Å². The van der Waals surface area contributed by atoms with Crippen LogP contribution in [0.15, 0.2) is 173 Å². The van der Waals surface area contributed by atoms with Gasteiger partial charge in [-0.25, -0.2) is 0 Å². The fraction of sp³-hybridized carbons (Fsp3) is 0. The van der Waals surface area contributed by atoms with E-state index < -0.39 is 0 Å². The van der Waals surface area contributed by atoms with E-state index in [1.165, 1.54) is 21.9 Å². The first kappa shape index (κ1) is 26.0. The lowest BCUT2D eigenvalue weighted by atomic mass is 9.97. The number of hydrogen-bond acceptors (Lipinski definition) is 3. The molecule has 8 aromatic carbocycles. The number of fused-ring (bicyclic) bond motifs is 9. The Hall–Kier alpha value is -6.32. The summed E-state index contributed by atoms with van der Waals surface area (Å²) in [6, 6.07) is 57.9. The van der Waals surface area contributed by atoms with Gasteiger partial charge in [0.2, 0.25) is 0 Å². The molecule has 0 aliphatic heterocycles. The lowest BCUT2D eigenvalue weighted by Gasteiger charge is -2.28. The minimum Gasteiger partial charge on any atom is -0.456 e. The average Bonchev–Trinajstić information content (AvgIpc) is 3.71. The summed E-state index contributed by atoms with van der Waals surface area (Å²) >= 11 is 0. The van der Waals surface area contributed by atoms with Crippen LogP contribution in [0.4, 0.5) is 17.1 Å². The van der Waals surface area contributed by atoms with Gasteiger partial charge in [0, 0.05) is 32.6 Å². The predicted molar refractivity (Wildman–Crippen MR) is 196 cm³/mol. The molecule has 10 aromatic rings. The van der Waals surface area contributed by atoms with Crippen molar-refractivity contribution < 1.29 is 8.83 Å². The molecule has 2 aromatic heterocycles. The van der Waals surface area contributed by atoms with E-state index in [9.17, 15) is 0 Å². The molecule has 3 nitrogen and oxygen atoms in total. The Bertz CT molecular complexity index is 2800. The molecule has 10 rings (SSSR count). The Balaban J connectivity index is 1.28. The maximum absolute atomic E-state index is 6.49. The van der Waals surface area contributed by atoms with Crippen LogP contribution >= 0.6 is 0 Å². The number of para-hydroxylation sites is 2. The van der Waals surface area contributed by atoms with Gasteiger partial charge in [-0.15, -0.1) is 0 Å². The Morgan fingerprint density at radius 3 is 1.83 bits per heavy atom. The van der Waals surface area contributed by atoms with Gasteiger partial charge in [-0.05, 0) is 64.4 Å². The average molecular weight is 602 g/mol. The Kier molecular flexibility index (Phi) is 5.57. The highest BCUT2D eigenvalue weighted by atomic mass is 16.3. The summed E-state index contributed by atoms with van der Waals surface area (Å²) in [5.41, 5.74) is 9.13. The highest BCUT2D eigenvalue weighted by Crippen LogP contribution is 2.48. The first-order valence-corrected chi connectivity index (χ1v) is 15.9. The van der Waals surface area contributed by atoms with E-state index in [0.29, 0.717) is 0 Å². The van der Waals surface area contributed by atoms with Gasteiger partial charge in [0.15, 0.2) is 0 Å². The topological polar surface area (TPSA) is 29.5 Å². The van der Waals surface area contributed by atoms with E-state index in [-0.39, 0.29) is 0 Å². The van der Waals surface area contributed by atoms with Crippen molar-refractivity contribution in [3.8, 4) is 11.1 Å². The summed E-state index contributed by atoms with van der Waals surface area (Å²) in [6.45, 7) is 0. The van der Waals surface area contributed by atoms with Crippen molar-refractivity contribution in [3.05, 3.63) is 164 Å². The van der Waals surface area contributed by atoms with Crippen LogP contribution in [0.3, 0.4) is 0 Å². The second-order valence-electron chi connectivity index (χ2n) is 12.1. The molecule has 0 saturated heterocycles. The van der Waals surface area contributed by atoms with E-state index in [4.69, 9.17) is 8.83 Å². The van der Waals surface area contributed by atoms with Gasteiger partial charge < -0.3 is 13.7 Å². The zero-order valence-electron chi connectivity index (χ0n) is 25.4. The number of rotatable bonds is 4. The molecule has 0 aliphatic rings. The van der Waals surface area contributed by atoms with Gasteiger partial charge in [-0.1, -0.05) is 121 Å². The van der Waals surface area contributed by atoms with Crippen LogP contribution in [0.1, 0.15) is 0 Å². The maximum atomic E-state index is 6.49. The quantitative estimate of drug-likeness (QED) is 0.201. The predicted octanol–water partition coefficient (Wildman–Crippen LogP) is 12.9. The molecular weight excluding hydrogens is 574 g/mol. The van der Waals surface area contributed by atoms with Crippen molar-refractivity contribution in [2.24, 2.45) is 0 Å². The summed E-state index contributed by atoms with van der Waals surface area (Å²) in [7, 11) is 0. The van der Waals surface area contributed by atoms with Crippen LogP contribution in [0, 0.1) is 0 Å². The van der Waals surface area contributed by atoms with Gasteiger partial charge in [0.05, 0.1) is 16.8 Å². The van der Waals surface area contributed by atoms with Gasteiger partial charge in [-0.2, -0.15) is 0 Å². The van der Waals surface area contributed by atoms with Crippen LogP contribution in [-0.2, 0) is 0 Å². The Labute approximate surface area is 270 Å². The molecule has 47 heavy (non-hydrogen) atoms. The Morgan fingerprint density at radius 1 is 0.383 bits per heavy atom. The largest absolute Gasteiger partial charge is 0.456 e. The minimum absolute atomic E-state index is 0.861. The molecule has 0 aliphatic carbocycles. The SMILES string of the molecule is c1ccc2c(-c3ccc(N(c4cc5c6ccccc6oc5c5ccccc45)c4cccc5oc6ccccc6c45)cc3)cccc2c1. The second kappa shape index (κ2) is 10.1. The number of furan rings is 2. The lowest BCUT2D eigenvalue weighted by Crippen LogP contribution is -2.11. The number of anilines is 3. The first-order chi connectivity index (χ1) is 23.3. The molecule has 0 unspecified atom stereocenters. The summed E-state index contributed by atoms with van der Waals surface area (Å²) in [5.74, 6) is 0. The van der Waals surface area contributed by atoms with Crippen molar-refractivity contribution in [3.63, 3.8) is 0 Å². The molecule has 0 atom stereocenters. The maximum Gasteiger partial charge on any atom is 0.143 e. The fourth-order valence-electron chi connectivity index (χ4n) is 7.33. The zero-order valence-corrected chi connectivity index (χ0v) is 25.4. The molecule has 0 amide bonds. The molecule has 0 bridgehead atoms. The standard InChI is InChI=1S/C44H27NO2/c1-2-13-31-28(11-1)12-9-18-32(31)29-23-25-30(26-24-29)45(38-19-10-22-42-43(38)36-17-6-8-21-41(36)46-42)39-27-37-34-15-5-7-20-40(34)47-44(37)35-16-4-3-14-33(35)39/h1-27H. The zero-order chi connectivity index (χ0) is 30.9. The highest BCUT2D eigenvalue weighted by molar-refractivity contribution is 6.21. The molecule has 220 valence electrons. The van der Waals surface area contributed by atoms with Gasteiger partial charge >= 0.3 is 0 Å². The minimum atomic E-state index is 0.861. The molecule has 0 spiro atoms. The molecule has 0 saturated carbocycles. The van der Waals surface area contributed by atoms with E-state index in [1.807, 2.05) is 24.3 Å². The molecule has 0 N–H and O–H groups in total. The summed E-state index contributed by atoms with van der Waals surface area (Å²) in [4.78, 5) is 2.39. The monoisotopic (exact) mass is 601 g/mol. The number of hydrogen-bond donors (Lipinski definition) is 0. The first-order valence-electron chi connectivity index (χ1n) is 15.9. The molecular formula is C44H27NO2. The van der Waals surface area contributed by atoms with Crippen molar-refractivity contribution in [2.75, 3.05) is 4.90 Å².